The highest BCUT2D eigenvalue weighted by Crippen LogP contribution is 2.15. The largest absolute Gasteiger partial charge is 0.481 e. The standard InChI is InChI=1S/C25H46O6/c1-3-4-5-6-7-8-9-10-11-12-13-14-15-16-17-18-22(27)25(21(2)26)31-24(30)20-19-23(28)29/h21,25-26H,3-20H2,1-2H3,(H,28,29). The lowest BCUT2D eigenvalue weighted by Crippen LogP contribution is -2.36. The molecule has 0 amide bonds. The van der Waals surface area contributed by atoms with Crippen LogP contribution >= 0.6 is 0 Å². The van der Waals surface area contributed by atoms with E-state index in [2.05, 4.69) is 6.92 Å². The van der Waals surface area contributed by atoms with Gasteiger partial charge in [0, 0.05) is 6.42 Å². The van der Waals surface area contributed by atoms with Crippen molar-refractivity contribution in [3.8, 4) is 0 Å². The van der Waals surface area contributed by atoms with Crippen molar-refractivity contribution >= 4 is 17.7 Å². The predicted octanol–water partition coefficient (Wildman–Crippen LogP) is 5.97. The molecule has 0 bridgehead atoms. The van der Waals surface area contributed by atoms with Gasteiger partial charge in [-0.1, -0.05) is 96.8 Å². The molecule has 0 aromatic heterocycles. The number of Topliss-reactive ketones (excluding diaryl/α,β-unsaturated/α-hetero) is 1. The number of aliphatic hydroxyl groups excluding tert-OH is 1. The fourth-order valence-corrected chi connectivity index (χ4v) is 3.66. The van der Waals surface area contributed by atoms with E-state index in [0.29, 0.717) is 6.42 Å². The molecule has 0 radical (unpaired) electrons. The van der Waals surface area contributed by atoms with Gasteiger partial charge in [0.15, 0.2) is 11.9 Å². The van der Waals surface area contributed by atoms with E-state index in [1.54, 1.807) is 0 Å². The van der Waals surface area contributed by atoms with Gasteiger partial charge in [-0.05, 0) is 13.3 Å². The average Bonchev–Trinajstić information content (AvgIpc) is 2.72. The van der Waals surface area contributed by atoms with Crippen LogP contribution in [0.1, 0.15) is 129 Å². The number of carbonyl (C=O) groups is 3. The first-order valence-corrected chi connectivity index (χ1v) is 12.5. The van der Waals surface area contributed by atoms with Crippen LogP contribution in [0.3, 0.4) is 0 Å². The zero-order valence-corrected chi connectivity index (χ0v) is 19.9. The molecule has 0 saturated carbocycles. The maximum atomic E-state index is 12.2. The minimum Gasteiger partial charge on any atom is -0.481 e. The Morgan fingerprint density at radius 1 is 0.677 bits per heavy atom. The SMILES string of the molecule is CCCCCCCCCCCCCCCCCC(=O)C(OC(=O)CCC(=O)O)C(C)O. The van der Waals surface area contributed by atoms with Crippen molar-refractivity contribution in [1.29, 1.82) is 0 Å². The highest BCUT2D eigenvalue weighted by Gasteiger charge is 2.27. The number of esters is 1. The summed E-state index contributed by atoms with van der Waals surface area (Å²) < 4.78 is 5.00. The molecule has 2 unspecified atom stereocenters. The number of carboxylic acids is 1. The molecule has 0 aromatic rings. The van der Waals surface area contributed by atoms with Crippen LogP contribution in [0, 0.1) is 0 Å². The molecule has 0 spiro atoms. The van der Waals surface area contributed by atoms with Gasteiger partial charge in [0.1, 0.15) is 0 Å². The number of aliphatic hydroxyl groups is 1. The van der Waals surface area contributed by atoms with Crippen LogP contribution in [0.25, 0.3) is 0 Å². The maximum Gasteiger partial charge on any atom is 0.307 e. The number of unbranched alkanes of at least 4 members (excludes halogenated alkanes) is 14. The summed E-state index contributed by atoms with van der Waals surface area (Å²) in [5.41, 5.74) is 0. The Labute approximate surface area is 189 Å². The van der Waals surface area contributed by atoms with Crippen LogP contribution in [0.2, 0.25) is 0 Å². The normalized spacial score (nSPS) is 13.0. The van der Waals surface area contributed by atoms with Gasteiger partial charge in [-0.3, -0.25) is 14.4 Å². The van der Waals surface area contributed by atoms with Gasteiger partial charge in [0.2, 0.25) is 0 Å². The molecule has 0 heterocycles. The second kappa shape index (κ2) is 20.5. The molecular weight excluding hydrogens is 396 g/mol. The van der Waals surface area contributed by atoms with Crippen LogP contribution in [0.15, 0.2) is 0 Å². The first kappa shape index (κ1) is 29.6. The van der Waals surface area contributed by atoms with E-state index in [0.717, 1.165) is 12.8 Å². The molecule has 6 nitrogen and oxygen atoms in total. The Kier molecular flexibility index (Phi) is 19.5. The molecule has 0 fully saturated rings. The average molecular weight is 443 g/mol. The number of carboxylic acid groups (broad SMARTS) is 1. The minimum absolute atomic E-state index is 0.264. The fraction of sp³-hybridized carbons (Fsp3) is 0.880. The monoisotopic (exact) mass is 442 g/mol. The number of ketones is 1. The number of hydrogen-bond acceptors (Lipinski definition) is 5. The van der Waals surface area contributed by atoms with Crippen molar-refractivity contribution in [3.05, 3.63) is 0 Å². The van der Waals surface area contributed by atoms with Crippen LogP contribution in [0.4, 0.5) is 0 Å². The fourth-order valence-electron chi connectivity index (χ4n) is 3.66. The third kappa shape index (κ3) is 19.0. The summed E-state index contributed by atoms with van der Waals surface area (Å²) in [6.07, 6.45) is 16.0. The van der Waals surface area contributed by atoms with Crippen molar-refractivity contribution in [1.82, 2.24) is 0 Å². The van der Waals surface area contributed by atoms with Crippen LogP contribution in [-0.2, 0) is 19.1 Å². The van der Waals surface area contributed by atoms with E-state index in [1.807, 2.05) is 0 Å². The summed E-state index contributed by atoms with van der Waals surface area (Å²) >= 11 is 0. The molecule has 2 N–H and O–H groups in total. The molecular formula is C25H46O6. The molecule has 2 atom stereocenters. The van der Waals surface area contributed by atoms with Crippen molar-refractivity contribution in [3.63, 3.8) is 0 Å². The lowest BCUT2D eigenvalue weighted by molar-refractivity contribution is -0.162. The molecule has 0 aliphatic rings. The van der Waals surface area contributed by atoms with Crippen LogP contribution in [0.5, 0.6) is 0 Å². The molecule has 0 aliphatic heterocycles. The summed E-state index contributed by atoms with van der Waals surface area (Å²) in [7, 11) is 0. The summed E-state index contributed by atoms with van der Waals surface area (Å²) in [5.74, 6) is -2.17. The van der Waals surface area contributed by atoms with Crippen LogP contribution in [-0.4, -0.2) is 40.1 Å². The van der Waals surface area contributed by atoms with Gasteiger partial charge in [-0.2, -0.15) is 0 Å². The lowest BCUT2D eigenvalue weighted by atomic mass is 10.0. The molecule has 0 aromatic carbocycles. The Bertz CT molecular complexity index is 475. The zero-order chi connectivity index (χ0) is 23.3. The Balaban J connectivity index is 3.65. The van der Waals surface area contributed by atoms with Gasteiger partial charge in [-0.15, -0.1) is 0 Å². The van der Waals surface area contributed by atoms with Gasteiger partial charge < -0.3 is 14.9 Å². The van der Waals surface area contributed by atoms with E-state index in [1.165, 1.54) is 84.0 Å². The van der Waals surface area contributed by atoms with Crippen LogP contribution < -0.4 is 0 Å². The third-order valence-electron chi connectivity index (χ3n) is 5.58. The molecule has 0 rings (SSSR count). The first-order valence-electron chi connectivity index (χ1n) is 12.5. The molecule has 6 heteroatoms. The number of ether oxygens (including phenoxy) is 1. The molecule has 31 heavy (non-hydrogen) atoms. The highest BCUT2D eigenvalue weighted by molar-refractivity contribution is 5.86. The maximum absolute atomic E-state index is 12.2. The van der Waals surface area contributed by atoms with Crippen molar-refractivity contribution in [2.24, 2.45) is 0 Å². The van der Waals surface area contributed by atoms with Crippen molar-refractivity contribution in [2.45, 2.75) is 142 Å². The quantitative estimate of drug-likeness (QED) is 0.158. The van der Waals surface area contributed by atoms with Crippen molar-refractivity contribution in [2.75, 3.05) is 0 Å². The highest BCUT2D eigenvalue weighted by atomic mass is 16.6. The summed E-state index contributed by atoms with van der Waals surface area (Å²) in [4.78, 5) is 34.4. The van der Waals surface area contributed by atoms with E-state index < -0.39 is 24.1 Å². The van der Waals surface area contributed by atoms with E-state index in [9.17, 15) is 19.5 Å². The van der Waals surface area contributed by atoms with Gasteiger partial charge >= 0.3 is 11.9 Å². The second-order valence-corrected chi connectivity index (χ2v) is 8.71. The predicted molar refractivity (Wildman–Crippen MR) is 123 cm³/mol. The van der Waals surface area contributed by atoms with E-state index in [4.69, 9.17) is 9.84 Å². The number of aliphatic carboxylic acids is 1. The first-order chi connectivity index (χ1) is 14.9. The van der Waals surface area contributed by atoms with Gasteiger partial charge in [0.25, 0.3) is 0 Å². The summed E-state index contributed by atoms with van der Waals surface area (Å²) in [5, 5.41) is 18.3. The number of rotatable bonds is 22. The molecule has 182 valence electrons. The number of carbonyl (C=O) groups excluding carboxylic acids is 2. The van der Waals surface area contributed by atoms with Crippen molar-refractivity contribution < 1.29 is 29.3 Å². The van der Waals surface area contributed by atoms with E-state index in [-0.39, 0.29) is 25.0 Å². The Morgan fingerprint density at radius 2 is 1.10 bits per heavy atom. The Morgan fingerprint density at radius 3 is 1.48 bits per heavy atom. The summed E-state index contributed by atoms with van der Waals surface area (Å²) in [6, 6.07) is 0. The smallest absolute Gasteiger partial charge is 0.307 e. The van der Waals surface area contributed by atoms with Gasteiger partial charge in [-0.25, -0.2) is 0 Å². The minimum atomic E-state index is -1.20. The summed E-state index contributed by atoms with van der Waals surface area (Å²) in [6.45, 7) is 3.65. The zero-order valence-electron chi connectivity index (χ0n) is 19.9. The third-order valence-corrected chi connectivity index (χ3v) is 5.58. The topological polar surface area (TPSA) is 101 Å². The Hall–Kier alpha value is -1.43. The lowest BCUT2D eigenvalue weighted by Gasteiger charge is -2.19. The van der Waals surface area contributed by atoms with Gasteiger partial charge in [0.05, 0.1) is 18.9 Å². The molecule has 0 saturated heterocycles. The molecule has 0 aliphatic carbocycles. The van der Waals surface area contributed by atoms with E-state index >= 15 is 0 Å². The number of hydrogen-bond donors (Lipinski definition) is 2. The second-order valence-electron chi connectivity index (χ2n) is 8.71.